The van der Waals surface area contributed by atoms with Crippen LogP contribution in [0.4, 0.5) is 0 Å². The summed E-state index contributed by atoms with van der Waals surface area (Å²) in [5.74, 6) is 1.89. The van der Waals surface area contributed by atoms with E-state index in [2.05, 4.69) is 10.3 Å². The van der Waals surface area contributed by atoms with E-state index in [0.29, 0.717) is 5.02 Å². The minimum atomic E-state index is 0.713. The molecule has 1 heterocycles. The summed E-state index contributed by atoms with van der Waals surface area (Å²) in [4.78, 5) is 4.32. The van der Waals surface area contributed by atoms with Gasteiger partial charge in [0.1, 0.15) is 0 Å². The largest absolute Gasteiger partial charge is 0.308 e. The minimum Gasteiger partial charge on any atom is -0.308 e. The topological polar surface area (TPSA) is 24.9 Å². The van der Waals surface area contributed by atoms with E-state index in [-0.39, 0.29) is 0 Å². The molecule has 2 aliphatic carbocycles. The molecule has 0 unspecified atom stereocenters. The van der Waals surface area contributed by atoms with E-state index in [1.165, 1.54) is 25.7 Å². The summed E-state index contributed by atoms with van der Waals surface area (Å²) < 4.78 is 0. The standard InChI is InChI=1S/C13H17ClN2/c14-11-5-6-12(15-7-11)8-16-13(9-1-2-9)10-3-4-10/h5-7,9-10,13,16H,1-4,8H2. The average Bonchev–Trinajstić information content (AvgIpc) is 3.15. The fourth-order valence-corrected chi connectivity index (χ4v) is 2.47. The van der Waals surface area contributed by atoms with Crippen LogP contribution in [0.3, 0.4) is 0 Å². The third-order valence-corrected chi connectivity index (χ3v) is 3.79. The first-order valence-corrected chi connectivity index (χ1v) is 6.54. The molecule has 2 saturated carbocycles. The van der Waals surface area contributed by atoms with Gasteiger partial charge in [0.15, 0.2) is 0 Å². The van der Waals surface area contributed by atoms with Crippen LogP contribution in [0, 0.1) is 11.8 Å². The number of pyridine rings is 1. The van der Waals surface area contributed by atoms with E-state index in [9.17, 15) is 0 Å². The Morgan fingerprint density at radius 2 is 1.94 bits per heavy atom. The number of hydrogen-bond donors (Lipinski definition) is 1. The van der Waals surface area contributed by atoms with Crippen LogP contribution in [0.5, 0.6) is 0 Å². The summed E-state index contributed by atoms with van der Waals surface area (Å²) in [6.07, 6.45) is 7.40. The third-order valence-electron chi connectivity index (χ3n) is 3.57. The first-order valence-electron chi connectivity index (χ1n) is 6.17. The Bertz CT molecular complexity index is 343. The molecule has 0 bridgehead atoms. The van der Waals surface area contributed by atoms with Crippen LogP contribution in [0.1, 0.15) is 31.4 Å². The van der Waals surface area contributed by atoms with Gasteiger partial charge in [-0.3, -0.25) is 4.98 Å². The Morgan fingerprint density at radius 1 is 1.25 bits per heavy atom. The van der Waals surface area contributed by atoms with Gasteiger partial charge in [-0.1, -0.05) is 11.6 Å². The Labute approximate surface area is 101 Å². The highest BCUT2D eigenvalue weighted by Crippen LogP contribution is 2.44. The molecule has 0 aromatic carbocycles. The van der Waals surface area contributed by atoms with Gasteiger partial charge in [0, 0.05) is 18.8 Å². The fourth-order valence-electron chi connectivity index (χ4n) is 2.36. The van der Waals surface area contributed by atoms with Crippen LogP contribution in [-0.2, 0) is 6.54 Å². The smallest absolute Gasteiger partial charge is 0.0589 e. The average molecular weight is 237 g/mol. The van der Waals surface area contributed by atoms with Crippen molar-refractivity contribution in [3.8, 4) is 0 Å². The SMILES string of the molecule is Clc1ccc(CNC(C2CC2)C2CC2)nc1. The second kappa shape index (κ2) is 4.34. The summed E-state index contributed by atoms with van der Waals surface area (Å²) in [6, 6.07) is 4.67. The third kappa shape index (κ3) is 2.55. The van der Waals surface area contributed by atoms with Crippen LogP contribution in [0.15, 0.2) is 18.3 Å². The van der Waals surface area contributed by atoms with Gasteiger partial charge in [-0.15, -0.1) is 0 Å². The van der Waals surface area contributed by atoms with Crippen LogP contribution < -0.4 is 5.32 Å². The van der Waals surface area contributed by atoms with Crippen molar-refractivity contribution in [1.82, 2.24) is 10.3 Å². The lowest BCUT2D eigenvalue weighted by Crippen LogP contribution is -2.32. The monoisotopic (exact) mass is 236 g/mol. The molecule has 0 radical (unpaired) electrons. The van der Waals surface area contributed by atoms with Crippen LogP contribution in [-0.4, -0.2) is 11.0 Å². The molecule has 1 N–H and O–H groups in total. The van der Waals surface area contributed by atoms with E-state index >= 15 is 0 Å². The predicted octanol–water partition coefficient (Wildman–Crippen LogP) is 3.01. The van der Waals surface area contributed by atoms with Crippen LogP contribution in [0.2, 0.25) is 5.02 Å². The zero-order valence-electron chi connectivity index (χ0n) is 9.32. The first-order chi connectivity index (χ1) is 7.83. The van der Waals surface area contributed by atoms with Crippen LogP contribution in [0.25, 0.3) is 0 Å². The van der Waals surface area contributed by atoms with Crippen LogP contribution >= 0.6 is 11.6 Å². The number of halogens is 1. The normalized spacial score (nSPS) is 20.4. The Balaban J connectivity index is 1.56. The molecule has 2 fully saturated rings. The Hall–Kier alpha value is -0.600. The molecule has 0 saturated heterocycles. The molecule has 0 amide bonds. The van der Waals surface area contributed by atoms with Gasteiger partial charge >= 0.3 is 0 Å². The van der Waals surface area contributed by atoms with Gasteiger partial charge < -0.3 is 5.32 Å². The molecule has 2 aliphatic rings. The fraction of sp³-hybridized carbons (Fsp3) is 0.615. The zero-order valence-corrected chi connectivity index (χ0v) is 10.1. The molecule has 3 heteroatoms. The number of nitrogens with zero attached hydrogens (tertiary/aromatic N) is 1. The first kappa shape index (κ1) is 10.5. The highest BCUT2D eigenvalue weighted by Gasteiger charge is 2.40. The van der Waals surface area contributed by atoms with Gasteiger partial charge in [0.05, 0.1) is 10.7 Å². The van der Waals surface area contributed by atoms with Gasteiger partial charge in [-0.2, -0.15) is 0 Å². The van der Waals surface area contributed by atoms with Crippen molar-refractivity contribution in [2.75, 3.05) is 0 Å². The molecule has 3 rings (SSSR count). The lowest BCUT2D eigenvalue weighted by atomic mass is 10.1. The van der Waals surface area contributed by atoms with Crippen molar-refractivity contribution >= 4 is 11.6 Å². The molecule has 1 aromatic heterocycles. The second-order valence-corrected chi connectivity index (χ2v) is 5.49. The summed E-state index contributed by atoms with van der Waals surface area (Å²) in [5.41, 5.74) is 1.09. The van der Waals surface area contributed by atoms with E-state index in [4.69, 9.17) is 11.6 Å². The molecule has 0 aliphatic heterocycles. The zero-order chi connectivity index (χ0) is 11.0. The summed E-state index contributed by atoms with van der Waals surface area (Å²) in [7, 11) is 0. The molecule has 16 heavy (non-hydrogen) atoms. The number of rotatable bonds is 5. The van der Waals surface area contributed by atoms with Gasteiger partial charge in [0.25, 0.3) is 0 Å². The van der Waals surface area contributed by atoms with Crippen molar-refractivity contribution in [2.24, 2.45) is 11.8 Å². The summed E-state index contributed by atoms with van der Waals surface area (Å²) >= 11 is 5.81. The maximum absolute atomic E-state index is 5.81. The van der Waals surface area contributed by atoms with Crippen molar-refractivity contribution in [1.29, 1.82) is 0 Å². The molecular weight excluding hydrogens is 220 g/mol. The van der Waals surface area contributed by atoms with Crippen molar-refractivity contribution in [3.63, 3.8) is 0 Å². The van der Waals surface area contributed by atoms with Crippen molar-refractivity contribution < 1.29 is 0 Å². The maximum atomic E-state index is 5.81. The second-order valence-electron chi connectivity index (χ2n) is 5.05. The van der Waals surface area contributed by atoms with E-state index in [0.717, 1.165) is 30.1 Å². The maximum Gasteiger partial charge on any atom is 0.0589 e. The highest BCUT2D eigenvalue weighted by atomic mass is 35.5. The molecule has 0 spiro atoms. The number of aromatic nitrogens is 1. The van der Waals surface area contributed by atoms with Gasteiger partial charge in [-0.25, -0.2) is 0 Å². The summed E-state index contributed by atoms with van der Waals surface area (Å²) in [6.45, 7) is 0.884. The van der Waals surface area contributed by atoms with Crippen molar-refractivity contribution in [3.05, 3.63) is 29.0 Å². The minimum absolute atomic E-state index is 0.713. The Kier molecular flexibility index (Phi) is 2.86. The molecule has 86 valence electrons. The molecule has 1 aromatic rings. The quantitative estimate of drug-likeness (QED) is 0.850. The van der Waals surface area contributed by atoms with Gasteiger partial charge in [-0.05, 0) is 49.7 Å². The Morgan fingerprint density at radius 3 is 2.44 bits per heavy atom. The van der Waals surface area contributed by atoms with Crippen molar-refractivity contribution in [2.45, 2.75) is 38.3 Å². The molecular formula is C13H17ClN2. The summed E-state index contributed by atoms with van der Waals surface area (Å²) in [5, 5.41) is 4.39. The number of hydrogen-bond acceptors (Lipinski definition) is 2. The lowest BCUT2D eigenvalue weighted by molar-refractivity contribution is 0.413. The molecule has 2 nitrogen and oxygen atoms in total. The van der Waals surface area contributed by atoms with E-state index < -0.39 is 0 Å². The van der Waals surface area contributed by atoms with E-state index in [1.54, 1.807) is 6.20 Å². The van der Waals surface area contributed by atoms with Gasteiger partial charge in [0.2, 0.25) is 0 Å². The molecule has 0 atom stereocenters. The lowest BCUT2D eigenvalue weighted by Gasteiger charge is -2.17. The highest BCUT2D eigenvalue weighted by molar-refractivity contribution is 6.30. The van der Waals surface area contributed by atoms with E-state index in [1.807, 2.05) is 12.1 Å². The predicted molar refractivity (Wildman–Crippen MR) is 65.3 cm³/mol. The number of nitrogens with one attached hydrogen (secondary N) is 1.